The zero-order chi connectivity index (χ0) is 15.9. The number of nitrogens with zero attached hydrogens (tertiary/aromatic N) is 2. The van der Waals surface area contributed by atoms with Crippen molar-refractivity contribution in [3.63, 3.8) is 0 Å². The van der Waals surface area contributed by atoms with E-state index < -0.39 is 17.6 Å². The predicted octanol–water partition coefficient (Wildman–Crippen LogP) is 3.72. The average molecular weight is 321 g/mol. The molecule has 0 amide bonds. The monoisotopic (exact) mass is 321 g/mol. The maximum atomic E-state index is 13.7. The summed E-state index contributed by atoms with van der Waals surface area (Å²) in [6.07, 6.45) is 1.26. The van der Waals surface area contributed by atoms with Crippen molar-refractivity contribution in [2.45, 2.75) is 6.92 Å². The van der Waals surface area contributed by atoms with Crippen LogP contribution in [0.2, 0.25) is 0 Å². The number of carbonyl (C=O) groups is 1. The van der Waals surface area contributed by atoms with Crippen LogP contribution in [0.4, 0.5) is 20.3 Å². The van der Waals surface area contributed by atoms with Crippen LogP contribution in [-0.2, 0) is 0 Å². The van der Waals surface area contributed by atoms with Crippen molar-refractivity contribution in [2.24, 2.45) is 0 Å². The van der Waals surface area contributed by atoms with Crippen molar-refractivity contribution in [1.29, 1.82) is 0 Å². The number of aryl methyl sites for hydroxylation is 1. The van der Waals surface area contributed by atoms with Gasteiger partial charge in [-0.15, -0.1) is 11.3 Å². The first-order valence-corrected chi connectivity index (χ1v) is 6.98. The number of halogens is 2. The Morgan fingerprint density at radius 1 is 1.32 bits per heavy atom. The smallest absolute Gasteiger partial charge is 0.346 e. The van der Waals surface area contributed by atoms with E-state index in [4.69, 9.17) is 5.11 Å². The van der Waals surface area contributed by atoms with Crippen LogP contribution in [0.15, 0.2) is 24.5 Å². The lowest BCUT2D eigenvalue weighted by Gasteiger charge is -2.08. The highest BCUT2D eigenvalue weighted by Gasteiger charge is 2.19. The third-order valence-electron chi connectivity index (χ3n) is 3.11. The molecular formula is C14H9F2N3O2S. The van der Waals surface area contributed by atoms with Crippen LogP contribution < -0.4 is 5.32 Å². The topological polar surface area (TPSA) is 75.1 Å². The average Bonchev–Trinajstić information content (AvgIpc) is 2.80. The second-order valence-electron chi connectivity index (χ2n) is 4.51. The normalized spacial score (nSPS) is 10.9. The van der Waals surface area contributed by atoms with E-state index in [1.165, 1.54) is 12.4 Å². The third kappa shape index (κ3) is 2.37. The maximum absolute atomic E-state index is 13.7. The van der Waals surface area contributed by atoms with Crippen molar-refractivity contribution in [3.05, 3.63) is 46.6 Å². The molecule has 0 aliphatic heterocycles. The van der Waals surface area contributed by atoms with Crippen LogP contribution >= 0.6 is 11.3 Å². The fraction of sp³-hybridized carbons (Fsp3) is 0.0714. The minimum atomic E-state index is -1.06. The van der Waals surface area contributed by atoms with Crippen LogP contribution in [0.25, 0.3) is 10.2 Å². The minimum absolute atomic E-state index is 0.0453. The maximum Gasteiger partial charge on any atom is 0.346 e. The first kappa shape index (κ1) is 14.3. The molecule has 0 spiro atoms. The number of benzene rings is 1. The number of carboxylic acid groups (broad SMARTS) is 1. The Morgan fingerprint density at radius 2 is 2.09 bits per heavy atom. The van der Waals surface area contributed by atoms with Gasteiger partial charge in [0.15, 0.2) is 0 Å². The summed E-state index contributed by atoms with van der Waals surface area (Å²) in [5, 5.41) is 12.4. The number of aromatic carboxylic acids is 1. The highest BCUT2D eigenvalue weighted by atomic mass is 32.1. The van der Waals surface area contributed by atoms with E-state index >= 15 is 0 Å². The van der Waals surface area contributed by atoms with Crippen molar-refractivity contribution < 1.29 is 18.7 Å². The van der Waals surface area contributed by atoms with Gasteiger partial charge in [0.05, 0.1) is 11.1 Å². The van der Waals surface area contributed by atoms with Gasteiger partial charge in [-0.3, -0.25) is 0 Å². The molecule has 112 valence electrons. The number of hydrogen-bond acceptors (Lipinski definition) is 5. The number of thiophene rings is 1. The first-order chi connectivity index (χ1) is 10.5. The van der Waals surface area contributed by atoms with Gasteiger partial charge in [0.2, 0.25) is 0 Å². The Labute approximate surface area is 127 Å². The summed E-state index contributed by atoms with van der Waals surface area (Å²) < 4.78 is 26.7. The van der Waals surface area contributed by atoms with Gasteiger partial charge in [-0.1, -0.05) is 0 Å². The number of fused-ring (bicyclic) bond motifs is 1. The van der Waals surface area contributed by atoms with E-state index in [2.05, 4.69) is 15.3 Å². The van der Waals surface area contributed by atoms with Gasteiger partial charge >= 0.3 is 5.97 Å². The van der Waals surface area contributed by atoms with Gasteiger partial charge in [-0.25, -0.2) is 23.5 Å². The SMILES string of the molecule is Cc1c(C(=O)O)sc2ncnc(Nc3ccc(F)cc3F)c12. The molecule has 0 saturated carbocycles. The van der Waals surface area contributed by atoms with Crippen LogP contribution in [-0.4, -0.2) is 21.0 Å². The molecule has 22 heavy (non-hydrogen) atoms. The molecule has 2 heterocycles. The molecule has 0 bridgehead atoms. The largest absolute Gasteiger partial charge is 0.477 e. The first-order valence-electron chi connectivity index (χ1n) is 6.17. The molecule has 3 aromatic rings. The molecule has 2 aromatic heterocycles. The summed E-state index contributed by atoms with van der Waals surface area (Å²) in [6, 6.07) is 3.12. The molecule has 0 atom stereocenters. The second kappa shape index (κ2) is 5.30. The molecule has 8 heteroatoms. The summed E-state index contributed by atoms with van der Waals surface area (Å²) in [7, 11) is 0. The Balaban J connectivity index is 2.13. The Kier molecular flexibility index (Phi) is 3.45. The fourth-order valence-electron chi connectivity index (χ4n) is 2.09. The number of anilines is 2. The Hall–Kier alpha value is -2.61. The number of aromatic nitrogens is 2. The van der Waals surface area contributed by atoms with Crippen LogP contribution in [0.1, 0.15) is 15.2 Å². The minimum Gasteiger partial charge on any atom is -0.477 e. The molecule has 0 aliphatic carbocycles. The van der Waals surface area contributed by atoms with Gasteiger partial charge in [-0.2, -0.15) is 0 Å². The van der Waals surface area contributed by atoms with E-state index in [0.29, 0.717) is 15.8 Å². The standard InChI is InChI=1S/C14H9F2N3O2S/c1-6-10-12(19-9-3-2-7(15)4-8(9)16)17-5-18-13(10)22-11(6)14(20)21/h2-5H,1H3,(H,20,21)(H,17,18,19). The van der Waals surface area contributed by atoms with Gasteiger partial charge in [0.1, 0.15) is 33.5 Å². The van der Waals surface area contributed by atoms with Gasteiger partial charge in [0, 0.05) is 6.07 Å². The van der Waals surface area contributed by atoms with Gasteiger partial charge in [0.25, 0.3) is 0 Å². The van der Waals surface area contributed by atoms with Crippen LogP contribution in [0, 0.1) is 18.6 Å². The van der Waals surface area contributed by atoms with Crippen LogP contribution in [0.3, 0.4) is 0 Å². The number of carboxylic acids is 1. The van der Waals surface area contributed by atoms with E-state index in [1.54, 1.807) is 6.92 Å². The molecule has 2 N–H and O–H groups in total. The van der Waals surface area contributed by atoms with Crippen molar-refractivity contribution in [3.8, 4) is 0 Å². The Morgan fingerprint density at radius 3 is 2.77 bits per heavy atom. The fourth-order valence-corrected chi connectivity index (χ4v) is 3.08. The van der Waals surface area contributed by atoms with Crippen molar-refractivity contribution in [2.75, 3.05) is 5.32 Å². The molecule has 0 fully saturated rings. The zero-order valence-corrected chi connectivity index (χ0v) is 12.0. The van der Waals surface area contributed by atoms with Crippen LogP contribution in [0.5, 0.6) is 0 Å². The predicted molar refractivity (Wildman–Crippen MR) is 78.8 cm³/mol. The molecule has 0 aliphatic rings. The summed E-state index contributed by atoms with van der Waals surface area (Å²) in [5.41, 5.74) is 0.544. The number of nitrogens with one attached hydrogen (secondary N) is 1. The molecule has 1 aromatic carbocycles. The molecule has 0 saturated heterocycles. The third-order valence-corrected chi connectivity index (χ3v) is 4.29. The lowest BCUT2D eigenvalue weighted by atomic mass is 10.2. The summed E-state index contributed by atoms with van der Waals surface area (Å²) >= 11 is 1.02. The molecule has 5 nitrogen and oxygen atoms in total. The summed E-state index contributed by atoms with van der Waals surface area (Å²) in [5.74, 6) is -2.23. The molecule has 3 rings (SSSR count). The van der Waals surface area contributed by atoms with E-state index in [0.717, 1.165) is 23.5 Å². The van der Waals surface area contributed by atoms with E-state index in [-0.39, 0.29) is 16.4 Å². The van der Waals surface area contributed by atoms with Crippen molar-refractivity contribution >= 4 is 39.0 Å². The van der Waals surface area contributed by atoms with E-state index in [9.17, 15) is 13.6 Å². The number of hydrogen-bond donors (Lipinski definition) is 2. The highest BCUT2D eigenvalue weighted by molar-refractivity contribution is 7.20. The van der Waals surface area contributed by atoms with Crippen molar-refractivity contribution in [1.82, 2.24) is 9.97 Å². The Bertz CT molecular complexity index is 895. The molecular weight excluding hydrogens is 312 g/mol. The lowest BCUT2D eigenvalue weighted by Crippen LogP contribution is -1.99. The van der Waals surface area contributed by atoms with E-state index in [1.807, 2.05) is 0 Å². The molecule has 0 radical (unpaired) electrons. The molecule has 0 unspecified atom stereocenters. The summed E-state index contributed by atoms with van der Waals surface area (Å²) in [6.45, 7) is 1.64. The lowest BCUT2D eigenvalue weighted by molar-refractivity contribution is 0.0701. The summed E-state index contributed by atoms with van der Waals surface area (Å²) in [4.78, 5) is 19.9. The van der Waals surface area contributed by atoms with Gasteiger partial charge < -0.3 is 10.4 Å². The number of rotatable bonds is 3. The second-order valence-corrected chi connectivity index (χ2v) is 5.51. The zero-order valence-electron chi connectivity index (χ0n) is 11.2. The quantitative estimate of drug-likeness (QED) is 0.769. The van der Waals surface area contributed by atoms with Gasteiger partial charge in [-0.05, 0) is 24.6 Å². The highest BCUT2D eigenvalue weighted by Crippen LogP contribution is 2.34.